The summed E-state index contributed by atoms with van der Waals surface area (Å²) in [4.78, 5) is 11.5. The average molecular weight is 376 g/mol. The van der Waals surface area contributed by atoms with Crippen LogP contribution in [0, 0.1) is 11.3 Å². The van der Waals surface area contributed by atoms with E-state index in [1.165, 1.54) is 6.92 Å². The molecule has 2 saturated heterocycles. The summed E-state index contributed by atoms with van der Waals surface area (Å²) in [5.41, 5.74) is 0.841. The van der Waals surface area contributed by atoms with E-state index in [1.54, 1.807) is 0 Å². The topological polar surface area (TPSA) is 68.3 Å². The molecule has 0 aromatic heterocycles. The Morgan fingerprint density at radius 3 is 2.81 bits per heavy atom. The lowest BCUT2D eigenvalue weighted by Crippen LogP contribution is -2.59. The van der Waals surface area contributed by atoms with E-state index in [0.717, 1.165) is 36.8 Å². The Morgan fingerprint density at radius 1 is 1.37 bits per heavy atom. The summed E-state index contributed by atoms with van der Waals surface area (Å²) in [7, 11) is 0. The van der Waals surface area contributed by atoms with Crippen molar-refractivity contribution in [2.24, 2.45) is 11.3 Å². The highest BCUT2D eigenvalue weighted by Gasteiger charge is 2.90. The predicted octanol–water partition coefficient (Wildman–Crippen LogP) is 3.66. The van der Waals surface area contributed by atoms with Crippen LogP contribution in [0.4, 0.5) is 0 Å². The molecule has 0 amide bonds. The fourth-order valence-electron chi connectivity index (χ4n) is 6.30. The van der Waals surface area contributed by atoms with Crippen LogP contribution in [0.2, 0.25) is 0 Å². The zero-order valence-corrected chi connectivity index (χ0v) is 17.0. The highest BCUT2D eigenvalue weighted by molar-refractivity contribution is 5.66. The molecule has 0 aromatic rings. The summed E-state index contributed by atoms with van der Waals surface area (Å²) in [6, 6.07) is 0. The standard InChI is InChI=1S/C22H32O5/c1-14-6-7-17-8-9-20-13-25-21(24,22(20,27-20)19(17,4)5)12-15(2)11-18(10-14)26-16(3)23/h11,17-18,24H,1,6-10,12-13H2,2-5H3. The van der Waals surface area contributed by atoms with Crippen LogP contribution >= 0.6 is 0 Å². The fraction of sp³-hybridized carbons (Fsp3) is 0.773. The van der Waals surface area contributed by atoms with Crippen LogP contribution in [-0.2, 0) is 19.0 Å². The number of ether oxygens (including phenoxy) is 3. The molecular weight excluding hydrogens is 344 g/mol. The normalized spacial score (nSPS) is 45.8. The van der Waals surface area contributed by atoms with Crippen molar-refractivity contribution in [3.63, 3.8) is 0 Å². The summed E-state index contributed by atoms with van der Waals surface area (Å²) in [6.07, 6.45) is 6.46. The minimum Gasteiger partial charge on any atom is -0.458 e. The Balaban J connectivity index is 1.73. The van der Waals surface area contributed by atoms with E-state index in [0.29, 0.717) is 25.4 Å². The number of hydrogen-bond donors (Lipinski definition) is 1. The van der Waals surface area contributed by atoms with Gasteiger partial charge in [0.2, 0.25) is 5.79 Å². The minimum absolute atomic E-state index is 0.189. The molecule has 2 bridgehead atoms. The van der Waals surface area contributed by atoms with Crippen molar-refractivity contribution in [1.29, 1.82) is 0 Å². The maximum Gasteiger partial charge on any atom is 0.303 e. The SMILES string of the molecule is C=C1CCC2CCC34COC(O)(CC(C)=CC(OC(C)=O)C1)C3(O4)C2(C)C. The van der Waals surface area contributed by atoms with Crippen LogP contribution < -0.4 is 0 Å². The molecular formula is C22H32O5. The lowest BCUT2D eigenvalue weighted by molar-refractivity contribution is -0.255. The smallest absolute Gasteiger partial charge is 0.303 e. The van der Waals surface area contributed by atoms with Gasteiger partial charge in [-0.1, -0.05) is 31.6 Å². The second kappa shape index (κ2) is 5.91. The van der Waals surface area contributed by atoms with Gasteiger partial charge in [-0.25, -0.2) is 0 Å². The van der Waals surface area contributed by atoms with Crippen LogP contribution in [0.5, 0.6) is 0 Å². The van der Waals surface area contributed by atoms with E-state index in [-0.39, 0.29) is 23.1 Å². The molecule has 2 heterocycles. The molecule has 0 aromatic carbocycles. The Hall–Kier alpha value is -1.17. The summed E-state index contributed by atoms with van der Waals surface area (Å²) in [6.45, 7) is 12.5. The van der Waals surface area contributed by atoms with Gasteiger partial charge in [0.25, 0.3) is 0 Å². The number of fused-ring (bicyclic) bond motifs is 1. The largest absolute Gasteiger partial charge is 0.458 e. The van der Waals surface area contributed by atoms with Gasteiger partial charge in [-0.05, 0) is 44.6 Å². The quantitative estimate of drug-likeness (QED) is 0.430. The number of epoxide rings is 1. The molecule has 4 aliphatic rings. The number of carbonyl (C=O) groups excluding carboxylic acids is 1. The minimum atomic E-state index is -1.34. The molecule has 27 heavy (non-hydrogen) atoms. The Bertz CT molecular complexity index is 709. The summed E-state index contributed by atoms with van der Waals surface area (Å²) < 4.78 is 17.9. The summed E-state index contributed by atoms with van der Waals surface area (Å²) >= 11 is 0. The van der Waals surface area contributed by atoms with E-state index >= 15 is 0 Å². The maximum atomic E-state index is 11.6. The van der Waals surface area contributed by atoms with E-state index < -0.39 is 11.4 Å². The second-order valence-corrected chi connectivity index (χ2v) is 9.64. The first-order chi connectivity index (χ1) is 12.6. The van der Waals surface area contributed by atoms with Gasteiger partial charge in [-0.15, -0.1) is 0 Å². The van der Waals surface area contributed by atoms with Gasteiger partial charge in [0.15, 0.2) is 5.60 Å². The Labute approximate surface area is 161 Å². The Kier molecular flexibility index (Phi) is 4.20. The van der Waals surface area contributed by atoms with Crippen molar-refractivity contribution in [2.75, 3.05) is 6.61 Å². The lowest BCUT2D eigenvalue weighted by atomic mass is 9.55. The van der Waals surface area contributed by atoms with Crippen LogP contribution in [0.25, 0.3) is 0 Å². The molecule has 1 saturated carbocycles. The summed E-state index contributed by atoms with van der Waals surface area (Å²) in [5.74, 6) is -1.22. The first-order valence-electron chi connectivity index (χ1n) is 10.1. The first kappa shape index (κ1) is 19.2. The monoisotopic (exact) mass is 376 g/mol. The van der Waals surface area contributed by atoms with Crippen molar-refractivity contribution in [3.05, 3.63) is 23.8 Å². The van der Waals surface area contributed by atoms with Crippen LogP contribution in [-0.4, -0.2) is 40.8 Å². The van der Waals surface area contributed by atoms with Crippen molar-refractivity contribution in [2.45, 2.75) is 89.3 Å². The summed E-state index contributed by atoms with van der Waals surface area (Å²) in [5, 5.41) is 11.6. The molecule has 5 unspecified atom stereocenters. The third-order valence-electron chi connectivity index (χ3n) is 7.51. The molecule has 0 radical (unpaired) electrons. The molecule has 3 fully saturated rings. The zero-order chi connectivity index (χ0) is 19.7. The van der Waals surface area contributed by atoms with Crippen molar-refractivity contribution >= 4 is 5.97 Å². The van der Waals surface area contributed by atoms with E-state index in [1.807, 2.05) is 13.0 Å². The lowest BCUT2D eigenvalue weighted by Gasteiger charge is -2.48. The third-order valence-corrected chi connectivity index (χ3v) is 7.51. The maximum absolute atomic E-state index is 11.6. The van der Waals surface area contributed by atoms with Crippen LogP contribution in [0.3, 0.4) is 0 Å². The first-order valence-corrected chi connectivity index (χ1v) is 10.1. The fourth-order valence-corrected chi connectivity index (χ4v) is 6.30. The highest BCUT2D eigenvalue weighted by Crippen LogP contribution is 2.75. The molecule has 4 rings (SSSR count). The molecule has 1 spiro atoms. The number of aliphatic hydroxyl groups is 1. The third kappa shape index (κ3) is 2.58. The van der Waals surface area contributed by atoms with Crippen LogP contribution in [0.1, 0.15) is 66.2 Å². The van der Waals surface area contributed by atoms with E-state index in [4.69, 9.17) is 14.2 Å². The van der Waals surface area contributed by atoms with Crippen LogP contribution in [0.15, 0.2) is 23.8 Å². The molecule has 150 valence electrons. The zero-order valence-electron chi connectivity index (χ0n) is 17.0. The van der Waals surface area contributed by atoms with Gasteiger partial charge in [0, 0.05) is 25.2 Å². The van der Waals surface area contributed by atoms with E-state index in [2.05, 4.69) is 20.4 Å². The van der Waals surface area contributed by atoms with Gasteiger partial charge in [0.05, 0.1) is 6.61 Å². The predicted molar refractivity (Wildman–Crippen MR) is 101 cm³/mol. The molecule has 5 heteroatoms. The van der Waals surface area contributed by atoms with Gasteiger partial charge >= 0.3 is 5.97 Å². The van der Waals surface area contributed by atoms with Gasteiger partial charge in [-0.3, -0.25) is 4.79 Å². The molecule has 5 nitrogen and oxygen atoms in total. The number of esters is 1. The molecule has 2 aliphatic heterocycles. The molecule has 5 atom stereocenters. The van der Waals surface area contributed by atoms with Crippen molar-refractivity contribution in [3.8, 4) is 0 Å². The number of rotatable bonds is 1. The molecule has 1 N–H and O–H groups in total. The average Bonchev–Trinajstić information content (AvgIpc) is 3.17. The van der Waals surface area contributed by atoms with Gasteiger partial charge in [0.1, 0.15) is 11.7 Å². The highest BCUT2D eigenvalue weighted by atomic mass is 16.8. The van der Waals surface area contributed by atoms with E-state index in [9.17, 15) is 9.90 Å². The number of hydrogen-bond acceptors (Lipinski definition) is 5. The number of carbonyl (C=O) groups is 1. The van der Waals surface area contributed by atoms with Gasteiger partial charge < -0.3 is 19.3 Å². The Morgan fingerprint density at radius 2 is 2.11 bits per heavy atom. The van der Waals surface area contributed by atoms with Crippen molar-refractivity contribution < 1.29 is 24.1 Å². The second-order valence-electron chi connectivity index (χ2n) is 9.64. The van der Waals surface area contributed by atoms with Crippen molar-refractivity contribution in [1.82, 2.24) is 0 Å². The van der Waals surface area contributed by atoms with Gasteiger partial charge in [-0.2, -0.15) is 0 Å². The molecule has 2 aliphatic carbocycles.